The van der Waals surface area contributed by atoms with E-state index in [1.165, 1.54) is 0 Å². The van der Waals surface area contributed by atoms with Gasteiger partial charge in [-0.25, -0.2) is 0 Å². The maximum Gasteiger partial charge on any atom is 0.253 e. The first-order valence-electron chi connectivity index (χ1n) is 8.94. The lowest BCUT2D eigenvalue weighted by molar-refractivity contribution is 0.0755. The summed E-state index contributed by atoms with van der Waals surface area (Å²) in [4.78, 5) is 26.8. The SMILES string of the molecule is CCCN(CCC)C(=O)c1cccc(C(=O)NC[C@@H](C)NCC)c1. The molecule has 0 heterocycles. The van der Waals surface area contributed by atoms with Gasteiger partial charge < -0.3 is 15.5 Å². The minimum atomic E-state index is -0.146. The van der Waals surface area contributed by atoms with Gasteiger partial charge in [-0.1, -0.05) is 26.8 Å². The predicted octanol–water partition coefficient (Wildman–Crippen LogP) is 2.68. The van der Waals surface area contributed by atoms with Crippen molar-refractivity contribution in [3.63, 3.8) is 0 Å². The second kappa shape index (κ2) is 10.8. The first kappa shape index (κ1) is 20.2. The molecule has 0 fully saturated rings. The third kappa shape index (κ3) is 6.32. The van der Waals surface area contributed by atoms with Gasteiger partial charge >= 0.3 is 0 Å². The maximum absolute atomic E-state index is 12.6. The second-order valence-electron chi connectivity index (χ2n) is 6.04. The highest BCUT2D eigenvalue weighted by Gasteiger charge is 2.16. The zero-order chi connectivity index (χ0) is 17.9. The lowest BCUT2D eigenvalue weighted by atomic mass is 10.1. The molecule has 0 spiro atoms. The number of nitrogens with one attached hydrogen (secondary N) is 2. The largest absolute Gasteiger partial charge is 0.350 e. The molecule has 1 aromatic carbocycles. The Balaban J connectivity index is 2.77. The van der Waals surface area contributed by atoms with Crippen LogP contribution in [-0.4, -0.2) is 48.9 Å². The van der Waals surface area contributed by atoms with Crippen LogP contribution >= 0.6 is 0 Å². The van der Waals surface area contributed by atoms with Gasteiger partial charge in [-0.3, -0.25) is 9.59 Å². The number of hydrogen-bond donors (Lipinski definition) is 2. The van der Waals surface area contributed by atoms with Crippen LogP contribution in [0.2, 0.25) is 0 Å². The molecule has 1 rings (SSSR count). The van der Waals surface area contributed by atoms with Gasteiger partial charge in [0, 0.05) is 36.8 Å². The zero-order valence-corrected chi connectivity index (χ0v) is 15.4. The Kier molecular flexibility index (Phi) is 9.08. The molecule has 0 saturated heterocycles. The van der Waals surface area contributed by atoms with Crippen LogP contribution in [0.15, 0.2) is 24.3 Å². The van der Waals surface area contributed by atoms with Crippen molar-refractivity contribution in [2.45, 2.75) is 46.6 Å². The number of nitrogens with zero attached hydrogens (tertiary/aromatic N) is 1. The van der Waals surface area contributed by atoms with E-state index in [0.29, 0.717) is 17.7 Å². The molecule has 0 aromatic heterocycles. The summed E-state index contributed by atoms with van der Waals surface area (Å²) >= 11 is 0. The van der Waals surface area contributed by atoms with Crippen molar-refractivity contribution in [3.05, 3.63) is 35.4 Å². The van der Waals surface area contributed by atoms with Gasteiger partial charge in [0.25, 0.3) is 11.8 Å². The fraction of sp³-hybridized carbons (Fsp3) is 0.579. The number of hydrogen-bond acceptors (Lipinski definition) is 3. The van der Waals surface area contributed by atoms with E-state index in [-0.39, 0.29) is 17.9 Å². The van der Waals surface area contributed by atoms with Gasteiger partial charge in [-0.05, 0) is 44.5 Å². The fourth-order valence-electron chi connectivity index (χ4n) is 2.60. The fourth-order valence-corrected chi connectivity index (χ4v) is 2.60. The molecule has 0 aliphatic heterocycles. The predicted molar refractivity (Wildman–Crippen MR) is 98.4 cm³/mol. The van der Waals surface area contributed by atoms with Crippen LogP contribution in [0.5, 0.6) is 0 Å². The third-order valence-electron chi connectivity index (χ3n) is 3.77. The van der Waals surface area contributed by atoms with E-state index < -0.39 is 0 Å². The van der Waals surface area contributed by atoms with Crippen molar-refractivity contribution in [2.24, 2.45) is 0 Å². The number of carbonyl (C=O) groups excluding carboxylic acids is 2. The lowest BCUT2D eigenvalue weighted by Crippen LogP contribution is -2.39. The Labute approximate surface area is 145 Å². The third-order valence-corrected chi connectivity index (χ3v) is 3.77. The highest BCUT2D eigenvalue weighted by molar-refractivity contribution is 5.99. The van der Waals surface area contributed by atoms with Crippen LogP contribution in [0.1, 0.15) is 61.3 Å². The van der Waals surface area contributed by atoms with Crippen molar-refractivity contribution >= 4 is 11.8 Å². The number of rotatable bonds is 10. The average Bonchev–Trinajstić information content (AvgIpc) is 2.59. The number of carbonyl (C=O) groups is 2. The molecule has 1 atom stereocenters. The Morgan fingerprint density at radius 2 is 1.71 bits per heavy atom. The lowest BCUT2D eigenvalue weighted by Gasteiger charge is -2.21. The van der Waals surface area contributed by atoms with Crippen LogP contribution in [0, 0.1) is 0 Å². The molecular weight excluding hydrogens is 302 g/mol. The Morgan fingerprint density at radius 1 is 1.08 bits per heavy atom. The molecule has 5 nitrogen and oxygen atoms in total. The summed E-state index contributed by atoms with van der Waals surface area (Å²) in [6, 6.07) is 7.19. The Hall–Kier alpha value is -1.88. The number of amides is 2. The van der Waals surface area contributed by atoms with E-state index in [4.69, 9.17) is 0 Å². The Morgan fingerprint density at radius 3 is 2.29 bits per heavy atom. The maximum atomic E-state index is 12.6. The van der Waals surface area contributed by atoms with Crippen molar-refractivity contribution in [2.75, 3.05) is 26.2 Å². The summed E-state index contributed by atoms with van der Waals surface area (Å²) in [5.74, 6) is -0.152. The molecule has 0 unspecified atom stereocenters. The van der Waals surface area contributed by atoms with E-state index in [9.17, 15) is 9.59 Å². The van der Waals surface area contributed by atoms with Crippen molar-refractivity contribution in [3.8, 4) is 0 Å². The van der Waals surface area contributed by atoms with E-state index in [1.807, 2.05) is 18.7 Å². The summed E-state index contributed by atoms with van der Waals surface area (Å²) in [5, 5.41) is 6.15. The van der Waals surface area contributed by atoms with Crippen LogP contribution < -0.4 is 10.6 Å². The summed E-state index contributed by atoms with van der Waals surface area (Å²) in [6.45, 7) is 11.1. The molecule has 0 aliphatic rings. The quantitative estimate of drug-likeness (QED) is 0.692. The summed E-state index contributed by atoms with van der Waals surface area (Å²) < 4.78 is 0. The monoisotopic (exact) mass is 333 g/mol. The summed E-state index contributed by atoms with van der Waals surface area (Å²) in [5.41, 5.74) is 1.10. The first-order valence-corrected chi connectivity index (χ1v) is 8.94. The molecular formula is C19H31N3O2. The molecule has 0 aliphatic carbocycles. The molecule has 2 N–H and O–H groups in total. The van der Waals surface area contributed by atoms with E-state index in [0.717, 1.165) is 32.5 Å². The van der Waals surface area contributed by atoms with Crippen LogP contribution in [0.3, 0.4) is 0 Å². The molecule has 134 valence electrons. The Bertz CT molecular complexity index is 525. The molecule has 0 bridgehead atoms. The van der Waals surface area contributed by atoms with E-state index >= 15 is 0 Å². The van der Waals surface area contributed by atoms with Gasteiger partial charge in [0.05, 0.1) is 0 Å². The number of likely N-dealkylation sites (N-methyl/N-ethyl adjacent to an activating group) is 1. The highest BCUT2D eigenvalue weighted by atomic mass is 16.2. The molecule has 0 radical (unpaired) electrons. The summed E-state index contributed by atoms with van der Waals surface area (Å²) in [7, 11) is 0. The van der Waals surface area contributed by atoms with Crippen LogP contribution in [0.25, 0.3) is 0 Å². The van der Waals surface area contributed by atoms with Gasteiger partial charge in [0.15, 0.2) is 0 Å². The van der Waals surface area contributed by atoms with Crippen molar-refractivity contribution in [1.29, 1.82) is 0 Å². The van der Waals surface area contributed by atoms with Crippen molar-refractivity contribution < 1.29 is 9.59 Å². The molecule has 24 heavy (non-hydrogen) atoms. The van der Waals surface area contributed by atoms with Crippen molar-refractivity contribution in [1.82, 2.24) is 15.5 Å². The summed E-state index contributed by atoms with van der Waals surface area (Å²) in [6.07, 6.45) is 1.85. The van der Waals surface area contributed by atoms with E-state index in [2.05, 4.69) is 24.5 Å². The topological polar surface area (TPSA) is 61.4 Å². The standard InChI is InChI=1S/C19H31N3O2/c1-5-11-22(12-6-2)19(24)17-10-8-9-16(13-17)18(23)21-14-15(4)20-7-3/h8-10,13,15,20H,5-7,11-12,14H2,1-4H3,(H,21,23)/t15-/m1/s1. The molecule has 2 amide bonds. The van der Waals surface area contributed by atoms with Gasteiger partial charge in [0.1, 0.15) is 0 Å². The minimum absolute atomic E-state index is 0.00522. The first-order chi connectivity index (χ1) is 11.5. The van der Waals surface area contributed by atoms with Gasteiger partial charge in [-0.2, -0.15) is 0 Å². The van der Waals surface area contributed by atoms with Crippen LogP contribution in [-0.2, 0) is 0 Å². The smallest absolute Gasteiger partial charge is 0.253 e. The molecule has 5 heteroatoms. The highest BCUT2D eigenvalue weighted by Crippen LogP contribution is 2.10. The zero-order valence-electron chi connectivity index (χ0n) is 15.4. The van der Waals surface area contributed by atoms with E-state index in [1.54, 1.807) is 24.3 Å². The number of benzene rings is 1. The second-order valence-corrected chi connectivity index (χ2v) is 6.04. The normalized spacial score (nSPS) is 11.8. The van der Waals surface area contributed by atoms with Gasteiger partial charge in [-0.15, -0.1) is 0 Å². The average molecular weight is 333 g/mol. The molecule has 1 aromatic rings. The molecule has 0 saturated carbocycles. The minimum Gasteiger partial charge on any atom is -0.350 e. The van der Waals surface area contributed by atoms with Crippen LogP contribution in [0.4, 0.5) is 0 Å². The van der Waals surface area contributed by atoms with Gasteiger partial charge in [0.2, 0.25) is 0 Å².